The van der Waals surface area contributed by atoms with E-state index >= 15 is 0 Å². The van der Waals surface area contributed by atoms with Crippen molar-refractivity contribution in [3.8, 4) is 0 Å². The van der Waals surface area contributed by atoms with Gasteiger partial charge in [0.05, 0.1) is 25.1 Å². The normalized spacial score (nSPS) is 10.5. The molecule has 0 atom stereocenters. The third-order valence-electron chi connectivity index (χ3n) is 2.11. The number of hydrogen-bond donors (Lipinski definition) is 4. The zero-order valence-corrected chi connectivity index (χ0v) is 8.83. The van der Waals surface area contributed by atoms with Crippen molar-refractivity contribution in [2.24, 2.45) is 11.5 Å². The van der Waals surface area contributed by atoms with Crippen molar-refractivity contribution in [3.05, 3.63) is 23.3 Å². The number of aliphatic hydroxyl groups excluding tert-OH is 2. The van der Waals surface area contributed by atoms with Crippen LogP contribution in [0.1, 0.15) is 32.6 Å². The molecule has 0 aromatic carbocycles. The van der Waals surface area contributed by atoms with E-state index in [-0.39, 0.29) is 17.1 Å². The Hall–Kier alpha value is -2.06. The molecule has 6 N–H and O–H groups in total. The van der Waals surface area contributed by atoms with Crippen molar-refractivity contribution >= 4 is 11.8 Å². The van der Waals surface area contributed by atoms with Gasteiger partial charge in [0, 0.05) is 5.92 Å². The predicted octanol–water partition coefficient (Wildman–Crippen LogP) is -2.26. The Morgan fingerprint density at radius 1 is 1.24 bits per heavy atom. The summed E-state index contributed by atoms with van der Waals surface area (Å²) in [5, 5.41) is 18.0. The third kappa shape index (κ3) is 2.74. The molecule has 2 amide bonds. The number of nitrogens with zero attached hydrogens (tertiary/aromatic N) is 2. The zero-order valence-electron chi connectivity index (χ0n) is 8.83. The fraction of sp³-hybridized carbons (Fsp3) is 0.333. The van der Waals surface area contributed by atoms with E-state index in [0.717, 1.165) is 6.20 Å². The molecule has 0 saturated heterocycles. The van der Waals surface area contributed by atoms with Crippen LogP contribution in [0.2, 0.25) is 0 Å². The smallest absolute Gasteiger partial charge is 0.269 e. The summed E-state index contributed by atoms with van der Waals surface area (Å²) in [6.07, 6.45) is 1.01. The predicted molar refractivity (Wildman–Crippen MR) is 56.0 cm³/mol. The number of aliphatic hydroxyl groups is 2. The van der Waals surface area contributed by atoms with E-state index in [1.165, 1.54) is 0 Å². The van der Waals surface area contributed by atoms with E-state index < -0.39 is 30.9 Å². The summed E-state index contributed by atoms with van der Waals surface area (Å²) in [4.78, 5) is 29.4. The van der Waals surface area contributed by atoms with Gasteiger partial charge in [-0.1, -0.05) is 0 Å². The molecule has 0 radical (unpaired) electrons. The van der Waals surface area contributed by atoms with Crippen LogP contribution in [0.15, 0.2) is 6.20 Å². The minimum absolute atomic E-state index is 0.0428. The van der Waals surface area contributed by atoms with Gasteiger partial charge in [-0.15, -0.1) is 0 Å². The van der Waals surface area contributed by atoms with Gasteiger partial charge in [-0.05, 0) is 0 Å². The van der Waals surface area contributed by atoms with E-state index in [1.54, 1.807) is 0 Å². The SMILES string of the molecule is NC(=O)c1cnc(C(N)=O)c(C(CO)CO)n1. The lowest BCUT2D eigenvalue weighted by Crippen LogP contribution is -2.24. The number of primary amides is 2. The summed E-state index contributed by atoms with van der Waals surface area (Å²) >= 11 is 0. The molecule has 17 heavy (non-hydrogen) atoms. The molecule has 0 aliphatic rings. The maximum Gasteiger partial charge on any atom is 0.269 e. The van der Waals surface area contributed by atoms with Crippen LogP contribution in [-0.2, 0) is 0 Å². The second kappa shape index (κ2) is 5.32. The van der Waals surface area contributed by atoms with E-state index in [1.807, 2.05) is 0 Å². The topological polar surface area (TPSA) is 152 Å². The summed E-state index contributed by atoms with van der Waals surface area (Å²) in [6, 6.07) is 0. The molecule has 0 fully saturated rings. The Kier molecular flexibility index (Phi) is 4.07. The first-order valence-electron chi connectivity index (χ1n) is 4.69. The molecule has 0 bridgehead atoms. The maximum absolute atomic E-state index is 11.1. The molecule has 1 heterocycles. The fourth-order valence-electron chi connectivity index (χ4n) is 1.23. The highest BCUT2D eigenvalue weighted by molar-refractivity contribution is 5.94. The second-order valence-corrected chi connectivity index (χ2v) is 3.28. The molecule has 8 heteroatoms. The van der Waals surface area contributed by atoms with E-state index in [9.17, 15) is 9.59 Å². The van der Waals surface area contributed by atoms with Crippen molar-refractivity contribution in [1.82, 2.24) is 9.97 Å². The van der Waals surface area contributed by atoms with Crippen LogP contribution in [0.5, 0.6) is 0 Å². The van der Waals surface area contributed by atoms with Gasteiger partial charge in [0.2, 0.25) is 0 Å². The Labute approximate surface area is 96.3 Å². The average Bonchev–Trinajstić information content (AvgIpc) is 2.30. The van der Waals surface area contributed by atoms with Crippen molar-refractivity contribution in [3.63, 3.8) is 0 Å². The van der Waals surface area contributed by atoms with Crippen LogP contribution < -0.4 is 11.5 Å². The van der Waals surface area contributed by atoms with Crippen molar-refractivity contribution < 1.29 is 19.8 Å². The molecule has 0 spiro atoms. The number of aromatic nitrogens is 2. The van der Waals surface area contributed by atoms with Crippen LogP contribution in [0.4, 0.5) is 0 Å². The maximum atomic E-state index is 11.1. The third-order valence-corrected chi connectivity index (χ3v) is 2.11. The number of nitrogens with two attached hydrogens (primary N) is 2. The fourth-order valence-corrected chi connectivity index (χ4v) is 1.23. The van der Waals surface area contributed by atoms with Gasteiger partial charge >= 0.3 is 0 Å². The van der Waals surface area contributed by atoms with Gasteiger partial charge in [0.25, 0.3) is 11.8 Å². The highest BCUT2D eigenvalue weighted by Crippen LogP contribution is 2.15. The van der Waals surface area contributed by atoms with E-state index in [2.05, 4.69) is 9.97 Å². The van der Waals surface area contributed by atoms with Gasteiger partial charge in [-0.3, -0.25) is 9.59 Å². The Morgan fingerprint density at radius 2 is 1.82 bits per heavy atom. The largest absolute Gasteiger partial charge is 0.396 e. The van der Waals surface area contributed by atoms with Crippen molar-refractivity contribution in [1.29, 1.82) is 0 Å². The molecule has 1 aromatic heterocycles. The molecule has 0 unspecified atom stereocenters. The minimum atomic E-state index is -0.865. The number of amides is 2. The van der Waals surface area contributed by atoms with Crippen LogP contribution >= 0.6 is 0 Å². The summed E-state index contributed by atoms with van der Waals surface area (Å²) in [7, 11) is 0. The number of rotatable bonds is 5. The molecular formula is C9H12N4O4. The van der Waals surface area contributed by atoms with Crippen LogP contribution in [0.25, 0.3) is 0 Å². The molecule has 0 aliphatic heterocycles. The monoisotopic (exact) mass is 240 g/mol. The Bertz CT molecular complexity index is 445. The molecule has 0 saturated carbocycles. The Balaban J connectivity index is 3.34. The van der Waals surface area contributed by atoms with Gasteiger partial charge in [-0.2, -0.15) is 0 Å². The standard InChI is InChI=1S/C9H12N4O4/c10-8(16)5-1-12-7(9(11)17)6(13-5)4(2-14)3-15/h1,4,14-15H,2-3H2,(H2,10,16)(H2,11,17). The molecule has 8 nitrogen and oxygen atoms in total. The zero-order chi connectivity index (χ0) is 13.0. The lowest BCUT2D eigenvalue weighted by atomic mass is 10.0. The molecule has 1 aromatic rings. The highest BCUT2D eigenvalue weighted by atomic mass is 16.3. The van der Waals surface area contributed by atoms with E-state index in [4.69, 9.17) is 21.7 Å². The minimum Gasteiger partial charge on any atom is -0.396 e. The summed E-state index contributed by atoms with van der Waals surface area (Å²) in [6.45, 7) is -0.929. The van der Waals surface area contributed by atoms with Crippen molar-refractivity contribution in [2.45, 2.75) is 5.92 Å². The number of carbonyl (C=O) groups is 2. The van der Waals surface area contributed by atoms with Crippen LogP contribution in [0, 0.1) is 0 Å². The number of carbonyl (C=O) groups excluding carboxylic acids is 2. The van der Waals surface area contributed by atoms with Gasteiger partial charge in [-0.25, -0.2) is 9.97 Å². The average molecular weight is 240 g/mol. The Morgan fingerprint density at radius 3 is 2.24 bits per heavy atom. The lowest BCUT2D eigenvalue weighted by molar-refractivity contribution is 0.0976. The first-order chi connectivity index (χ1) is 8.01. The van der Waals surface area contributed by atoms with Gasteiger partial charge in [0.1, 0.15) is 11.4 Å². The van der Waals surface area contributed by atoms with Crippen LogP contribution in [0.3, 0.4) is 0 Å². The summed E-state index contributed by atoms with van der Waals surface area (Å²) in [5.74, 6) is -2.54. The van der Waals surface area contributed by atoms with Crippen LogP contribution in [-0.4, -0.2) is 45.2 Å². The highest BCUT2D eigenvalue weighted by Gasteiger charge is 2.21. The molecular weight excluding hydrogens is 228 g/mol. The van der Waals surface area contributed by atoms with E-state index in [0.29, 0.717) is 0 Å². The second-order valence-electron chi connectivity index (χ2n) is 3.28. The molecule has 1 rings (SSSR count). The quantitative estimate of drug-likeness (QED) is 0.455. The number of hydrogen-bond acceptors (Lipinski definition) is 6. The van der Waals surface area contributed by atoms with Crippen molar-refractivity contribution in [2.75, 3.05) is 13.2 Å². The first-order valence-corrected chi connectivity index (χ1v) is 4.69. The molecule has 92 valence electrons. The lowest BCUT2D eigenvalue weighted by Gasteiger charge is -2.13. The summed E-state index contributed by atoms with van der Waals surface area (Å²) in [5.41, 5.74) is 9.66. The first kappa shape index (κ1) is 13.0. The van der Waals surface area contributed by atoms with Gasteiger partial charge < -0.3 is 21.7 Å². The van der Waals surface area contributed by atoms with Gasteiger partial charge in [0.15, 0.2) is 0 Å². The molecule has 0 aliphatic carbocycles. The summed E-state index contributed by atoms with van der Waals surface area (Å²) < 4.78 is 0.